The molecule has 3 atom stereocenters. The minimum atomic E-state index is -2.56. The number of rotatable bonds is 9. The predicted octanol–water partition coefficient (Wildman–Crippen LogP) is 4.33. The highest BCUT2D eigenvalue weighted by molar-refractivity contribution is 6.92. The molecular weight excluding hydrogens is 421 g/mol. The molecule has 0 N–H and O–H groups in total. The lowest BCUT2D eigenvalue weighted by Crippen LogP contribution is -2.76. The van der Waals surface area contributed by atoms with Crippen molar-refractivity contribution in [3.8, 4) is 0 Å². The van der Waals surface area contributed by atoms with E-state index in [1.807, 2.05) is 0 Å². The molecule has 1 aliphatic heterocycles. The SMILES string of the molecule is CCC[N+](C)(C)[Si]1(C)O[Si](C)(C)O[Si](C)(CCCN(C)C)O[Si](C)(CCC)O1. The number of nitrogens with zero attached hydrogens (tertiary/aromatic N) is 2. The highest BCUT2D eigenvalue weighted by atomic mass is 28.5. The molecule has 0 aromatic carbocycles. The van der Waals surface area contributed by atoms with E-state index in [4.69, 9.17) is 16.5 Å². The zero-order valence-electron chi connectivity index (χ0n) is 20.5. The van der Waals surface area contributed by atoms with E-state index in [0.717, 1.165) is 48.6 Å². The van der Waals surface area contributed by atoms with E-state index in [9.17, 15) is 0 Å². The minimum absolute atomic E-state index is 0.790. The van der Waals surface area contributed by atoms with Gasteiger partial charge >= 0.3 is 34.4 Å². The monoisotopic (exact) mass is 467 g/mol. The molecule has 1 fully saturated rings. The van der Waals surface area contributed by atoms with Gasteiger partial charge in [-0.25, -0.2) is 0 Å². The highest BCUT2D eigenvalue weighted by Crippen LogP contribution is 2.37. The second-order valence-electron chi connectivity index (χ2n) is 10.0. The number of hydrogen-bond acceptors (Lipinski definition) is 5. The van der Waals surface area contributed by atoms with Gasteiger partial charge in [-0.1, -0.05) is 20.3 Å². The maximum atomic E-state index is 7.07. The van der Waals surface area contributed by atoms with Crippen molar-refractivity contribution in [2.75, 3.05) is 41.3 Å². The molecule has 0 saturated carbocycles. The third-order valence-corrected chi connectivity index (χ3v) is 24.5. The molecule has 6 nitrogen and oxygen atoms in total. The van der Waals surface area contributed by atoms with E-state index in [-0.39, 0.29) is 0 Å². The molecule has 168 valence electrons. The Morgan fingerprint density at radius 3 is 1.82 bits per heavy atom. The first-order valence-electron chi connectivity index (χ1n) is 10.9. The first-order chi connectivity index (χ1) is 12.6. The summed E-state index contributed by atoms with van der Waals surface area (Å²) in [5.74, 6) is 0. The molecular formula is C18H47N2O4Si4+. The molecule has 0 aromatic heterocycles. The largest absolute Gasteiger partial charge is 0.581 e. The van der Waals surface area contributed by atoms with Crippen molar-refractivity contribution in [2.45, 2.75) is 77.9 Å². The molecule has 28 heavy (non-hydrogen) atoms. The Hall–Kier alpha value is 0.628. The fourth-order valence-electron chi connectivity index (χ4n) is 4.30. The van der Waals surface area contributed by atoms with Crippen LogP contribution in [0.4, 0.5) is 0 Å². The molecule has 10 heteroatoms. The van der Waals surface area contributed by atoms with Crippen molar-refractivity contribution < 1.29 is 20.6 Å². The van der Waals surface area contributed by atoms with Crippen molar-refractivity contribution >= 4 is 34.4 Å². The van der Waals surface area contributed by atoms with Crippen molar-refractivity contribution in [1.29, 1.82) is 0 Å². The first kappa shape index (κ1) is 26.7. The lowest BCUT2D eigenvalue weighted by Gasteiger charge is -2.52. The topological polar surface area (TPSA) is 40.2 Å². The second-order valence-corrected chi connectivity index (χ2v) is 24.6. The van der Waals surface area contributed by atoms with E-state index in [2.05, 4.69) is 79.7 Å². The summed E-state index contributed by atoms with van der Waals surface area (Å²) >= 11 is 0. The van der Waals surface area contributed by atoms with E-state index in [1.54, 1.807) is 0 Å². The van der Waals surface area contributed by atoms with E-state index < -0.39 is 34.4 Å². The first-order valence-corrected chi connectivity index (χ1v) is 21.0. The van der Waals surface area contributed by atoms with Crippen LogP contribution in [0.15, 0.2) is 0 Å². The number of hydrogen-bond donors (Lipinski definition) is 0. The van der Waals surface area contributed by atoms with Gasteiger partial charge in [0.05, 0.1) is 20.6 Å². The lowest BCUT2D eigenvalue weighted by molar-refractivity contribution is -0.806. The Bertz CT molecular complexity index is 512. The molecule has 0 spiro atoms. The Kier molecular flexibility index (Phi) is 9.37. The predicted molar refractivity (Wildman–Crippen MR) is 127 cm³/mol. The summed E-state index contributed by atoms with van der Waals surface area (Å²) in [4.78, 5) is 2.23. The zero-order chi connectivity index (χ0) is 21.9. The molecule has 1 aliphatic rings. The van der Waals surface area contributed by atoms with Crippen LogP contribution in [-0.2, 0) is 16.5 Å². The van der Waals surface area contributed by atoms with Gasteiger partial charge in [-0.2, -0.15) is 0 Å². The van der Waals surface area contributed by atoms with Gasteiger partial charge in [0, 0.05) is 6.55 Å². The molecule has 0 bridgehead atoms. The minimum Gasteiger partial charge on any atom is -0.416 e. The summed E-state index contributed by atoms with van der Waals surface area (Å²) in [6, 6.07) is 1.98. The van der Waals surface area contributed by atoms with Gasteiger partial charge in [-0.05, 0) is 71.8 Å². The highest BCUT2D eigenvalue weighted by Gasteiger charge is 2.63. The van der Waals surface area contributed by atoms with Crippen LogP contribution >= 0.6 is 0 Å². The smallest absolute Gasteiger partial charge is 0.416 e. The molecule has 0 aliphatic carbocycles. The van der Waals surface area contributed by atoms with E-state index in [0.29, 0.717) is 0 Å². The van der Waals surface area contributed by atoms with E-state index >= 15 is 0 Å². The second kappa shape index (κ2) is 9.84. The molecule has 0 aromatic rings. The van der Waals surface area contributed by atoms with Gasteiger partial charge < -0.3 is 25.5 Å². The Morgan fingerprint density at radius 1 is 0.750 bits per heavy atom. The molecule has 0 amide bonds. The average molecular weight is 468 g/mol. The van der Waals surface area contributed by atoms with Gasteiger partial charge in [0.1, 0.15) is 0 Å². The van der Waals surface area contributed by atoms with Crippen molar-refractivity contribution in [3.63, 3.8) is 0 Å². The molecule has 3 unspecified atom stereocenters. The summed E-state index contributed by atoms with van der Waals surface area (Å²) in [5.41, 5.74) is 0. The maximum Gasteiger partial charge on any atom is 0.581 e. The lowest BCUT2D eigenvalue weighted by atomic mass is 10.5. The average Bonchev–Trinajstić information content (AvgIpc) is 2.42. The fourth-order valence-corrected chi connectivity index (χ4v) is 27.1. The van der Waals surface area contributed by atoms with Crippen LogP contribution in [0.1, 0.15) is 33.1 Å². The summed E-state index contributed by atoms with van der Waals surface area (Å²) < 4.78 is 28.6. The Balaban J connectivity index is 3.25. The van der Waals surface area contributed by atoms with Crippen molar-refractivity contribution in [1.82, 2.24) is 4.90 Å². The zero-order valence-corrected chi connectivity index (χ0v) is 24.5. The van der Waals surface area contributed by atoms with Gasteiger partial charge in [0.15, 0.2) is 0 Å². The third-order valence-electron chi connectivity index (χ3n) is 5.56. The summed E-state index contributed by atoms with van der Waals surface area (Å²) in [5, 5.41) is 0. The Labute approximate surface area is 179 Å². The molecule has 0 radical (unpaired) electrons. The standard InChI is InChI=1S/C18H47N2O4Si4/c1-12-16-20(5,6)28(11)22-25(7,8)21-27(10,18-14-15-19(3)4)23-26(9,24-28)17-13-2/h12-18H2,1-11H3/q+1. The molecule has 1 saturated heterocycles. The maximum absolute atomic E-state index is 7.07. The number of quaternary nitrogens is 1. The van der Waals surface area contributed by atoms with Crippen LogP contribution in [0.25, 0.3) is 0 Å². The van der Waals surface area contributed by atoms with Crippen LogP contribution in [-0.4, -0.2) is 84.7 Å². The molecule has 1 rings (SSSR count). The third kappa shape index (κ3) is 7.40. The quantitative estimate of drug-likeness (QED) is 0.472. The summed E-state index contributed by atoms with van der Waals surface area (Å²) in [6.45, 7) is 17.6. The normalized spacial score (nSPS) is 34.3. The fraction of sp³-hybridized carbons (Fsp3) is 1.00. The van der Waals surface area contributed by atoms with E-state index in [1.165, 1.54) is 0 Å². The van der Waals surface area contributed by atoms with Crippen molar-refractivity contribution in [2.24, 2.45) is 0 Å². The summed E-state index contributed by atoms with van der Waals surface area (Å²) in [6.07, 6.45) is 3.26. The van der Waals surface area contributed by atoms with Crippen LogP contribution < -0.4 is 0 Å². The van der Waals surface area contributed by atoms with Crippen molar-refractivity contribution in [3.05, 3.63) is 0 Å². The van der Waals surface area contributed by atoms with Crippen LogP contribution in [0.5, 0.6) is 0 Å². The molecule has 1 heterocycles. The van der Waals surface area contributed by atoms with Crippen LogP contribution in [0.3, 0.4) is 0 Å². The summed E-state index contributed by atoms with van der Waals surface area (Å²) in [7, 11) is -0.954. The van der Waals surface area contributed by atoms with Gasteiger partial charge in [-0.3, -0.25) is 0 Å². The van der Waals surface area contributed by atoms with Gasteiger partial charge in [0.2, 0.25) is 0 Å². The van der Waals surface area contributed by atoms with Crippen LogP contribution in [0.2, 0.25) is 44.8 Å². The Morgan fingerprint density at radius 2 is 1.32 bits per heavy atom. The van der Waals surface area contributed by atoms with Crippen LogP contribution in [0, 0.1) is 0 Å². The van der Waals surface area contributed by atoms with Gasteiger partial charge in [0.25, 0.3) is 0 Å². The van der Waals surface area contributed by atoms with Gasteiger partial charge in [-0.15, -0.1) is 0 Å².